The van der Waals surface area contributed by atoms with E-state index in [0.29, 0.717) is 0 Å². The molecule has 1 aliphatic heterocycles. The molecule has 17 heavy (non-hydrogen) atoms. The highest BCUT2D eigenvalue weighted by Crippen LogP contribution is 2.27. The molecule has 0 aromatic rings. The van der Waals surface area contributed by atoms with E-state index < -0.39 is 5.60 Å². The average molecular weight is 240 g/mol. The molecule has 0 radical (unpaired) electrons. The Bertz CT molecular complexity index is 226. The number of rotatable bonds is 5. The Morgan fingerprint density at radius 1 is 1.29 bits per heavy atom. The van der Waals surface area contributed by atoms with Crippen molar-refractivity contribution in [1.82, 2.24) is 10.2 Å². The van der Waals surface area contributed by atoms with Gasteiger partial charge in [-0.25, -0.2) is 0 Å². The molecule has 0 bridgehead atoms. The number of aliphatic hydroxyl groups is 1. The van der Waals surface area contributed by atoms with E-state index in [9.17, 15) is 5.11 Å². The number of nitrogens with one attached hydrogen (secondary N) is 1. The van der Waals surface area contributed by atoms with E-state index in [4.69, 9.17) is 0 Å². The van der Waals surface area contributed by atoms with Crippen molar-refractivity contribution in [2.45, 2.75) is 51.0 Å². The van der Waals surface area contributed by atoms with E-state index in [2.05, 4.69) is 17.1 Å². The Hall–Kier alpha value is -0.120. The molecule has 0 aromatic heterocycles. The number of hydrogen-bond acceptors (Lipinski definition) is 3. The fourth-order valence-corrected chi connectivity index (χ4v) is 3.26. The van der Waals surface area contributed by atoms with Gasteiger partial charge in [-0.3, -0.25) is 0 Å². The van der Waals surface area contributed by atoms with Gasteiger partial charge in [0.2, 0.25) is 0 Å². The molecule has 1 aliphatic carbocycles. The van der Waals surface area contributed by atoms with Crippen molar-refractivity contribution >= 4 is 0 Å². The Kier molecular flexibility index (Phi) is 4.83. The van der Waals surface area contributed by atoms with Crippen LogP contribution in [0.25, 0.3) is 0 Å². The fraction of sp³-hybridized carbons (Fsp3) is 1.00. The predicted octanol–water partition coefficient (Wildman–Crippen LogP) is 1.61. The minimum absolute atomic E-state index is 0.401. The van der Waals surface area contributed by atoms with Gasteiger partial charge in [-0.15, -0.1) is 0 Å². The first-order valence-electron chi connectivity index (χ1n) is 7.37. The van der Waals surface area contributed by atoms with Crippen LogP contribution in [0.4, 0.5) is 0 Å². The third-order valence-electron chi connectivity index (χ3n) is 4.49. The highest BCUT2D eigenvalue weighted by atomic mass is 16.3. The normalized spacial score (nSPS) is 29.6. The van der Waals surface area contributed by atoms with Crippen LogP contribution in [0.1, 0.15) is 45.4 Å². The molecular formula is C14H28N2O. The molecular weight excluding hydrogens is 212 g/mol. The molecule has 0 aromatic carbocycles. The van der Waals surface area contributed by atoms with E-state index in [1.165, 1.54) is 45.3 Å². The van der Waals surface area contributed by atoms with Crippen molar-refractivity contribution < 1.29 is 5.11 Å². The van der Waals surface area contributed by atoms with Crippen LogP contribution in [0.15, 0.2) is 0 Å². The molecule has 3 heteroatoms. The largest absolute Gasteiger partial charge is 0.389 e. The topological polar surface area (TPSA) is 35.5 Å². The van der Waals surface area contributed by atoms with E-state index in [1.54, 1.807) is 0 Å². The summed E-state index contributed by atoms with van der Waals surface area (Å²) in [6.45, 7) is 7.80. The summed E-state index contributed by atoms with van der Waals surface area (Å²) in [6, 6.07) is 0. The summed E-state index contributed by atoms with van der Waals surface area (Å²) < 4.78 is 0. The van der Waals surface area contributed by atoms with Gasteiger partial charge in [-0.05, 0) is 44.8 Å². The van der Waals surface area contributed by atoms with Gasteiger partial charge in [0.05, 0.1) is 5.60 Å². The maximum atomic E-state index is 10.4. The molecule has 100 valence electrons. The van der Waals surface area contributed by atoms with Crippen molar-refractivity contribution in [2.75, 3.05) is 32.7 Å². The van der Waals surface area contributed by atoms with E-state index in [1.807, 2.05) is 0 Å². The van der Waals surface area contributed by atoms with E-state index >= 15 is 0 Å². The highest BCUT2D eigenvalue weighted by Gasteiger charge is 2.29. The lowest BCUT2D eigenvalue weighted by Gasteiger charge is -2.32. The van der Waals surface area contributed by atoms with Crippen molar-refractivity contribution in [3.8, 4) is 0 Å². The summed E-state index contributed by atoms with van der Waals surface area (Å²) in [7, 11) is 0. The minimum Gasteiger partial charge on any atom is -0.389 e. The van der Waals surface area contributed by atoms with Gasteiger partial charge in [-0.1, -0.05) is 26.2 Å². The Balaban J connectivity index is 1.62. The van der Waals surface area contributed by atoms with Gasteiger partial charge < -0.3 is 15.3 Å². The summed E-state index contributed by atoms with van der Waals surface area (Å²) in [6.07, 6.45) is 7.00. The van der Waals surface area contributed by atoms with E-state index in [-0.39, 0.29) is 0 Å². The molecule has 1 saturated carbocycles. The standard InChI is InChI=1S/C14H28N2O/c1-2-16-9-6-13(11-16)10-15-12-14(17)7-4-3-5-8-14/h13,15,17H,2-12H2,1H3. The fourth-order valence-electron chi connectivity index (χ4n) is 3.26. The van der Waals surface area contributed by atoms with Gasteiger partial charge in [-0.2, -0.15) is 0 Å². The van der Waals surface area contributed by atoms with E-state index in [0.717, 1.165) is 31.8 Å². The smallest absolute Gasteiger partial charge is 0.0771 e. The van der Waals surface area contributed by atoms with Crippen LogP contribution < -0.4 is 5.32 Å². The lowest BCUT2D eigenvalue weighted by molar-refractivity contribution is 0.00440. The van der Waals surface area contributed by atoms with Crippen LogP contribution in [0.5, 0.6) is 0 Å². The third-order valence-corrected chi connectivity index (χ3v) is 4.49. The summed E-state index contributed by atoms with van der Waals surface area (Å²) in [4.78, 5) is 2.52. The first-order chi connectivity index (χ1) is 8.22. The van der Waals surface area contributed by atoms with Gasteiger partial charge in [0.1, 0.15) is 0 Å². The Morgan fingerprint density at radius 2 is 2.06 bits per heavy atom. The molecule has 2 rings (SSSR count). The molecule has 2 N–H and O–H groups in total. The average Bonchev–Trinajstić information content (AvgIpc) is 2.78. The quantitative estimate of drug-likeness (QED) is 0.766. The zero-order valence-corrected chi connectivity index (χ0v) is 11.2. The Morgan fingerprint density at radius 3 is 2.71 bits per heavy atom. The second-order valence-corrected chi connectivity index (χ2v) is 5.96. The molecule has 1 saturated heterocycles. The minimum atomic E-state index is -0.401. The molecule has 3 nitrogen and oxygen atoms in total. The van der Waals surface area contributed by atoms with Gasteiger partial charge in [0.15, 0.2) is 0 Å². The molecule has 0 spiro atoms. The van der Waals surface area contributed by atoms with Crippen LogP contribution in [0.3, 0.4) is 0 Å². The third kappa shape index (κ3) is 3.94. The van der Waals surface area contributed by atoms with Crippen molar-refractivity contribution in [1.29, 1.82) is 0 Å². The summed E-state index contributed by atoms with van der Waals surface area (Å²) in [5.41, 5.74) is -0.401. The zero-order valence-electron chi connectivity index (χ0n) is 11.2. The molecule has 2 aliphatic rings. The molecule has 0 amide bonds. The number of likely N-dealkylation sites (tertiary alicyclic amines) is 1. The van der Waals surface area contributed by atoms with Gasteiger partial charge in [0, 0.05) is 13.1 Å². The van der Waals surface area contributed by atoms with Crippen molar-refractivity contribution in [3.05, 3.63) is 0 Å². The Labute approximate surface area is 106 Å². The lowest BCUT2D eigenvalue weighted by atomic mass is 9.85. The summed E-state index contributed by atoms with van der Waals surface area (Å²) in [5, 5.41) is 13.9. The first-order valence-corrected chi connectivity index (χ1v) is 7.37. The maximum absolute atomic E-state index is 10.4. The van der Waals surface area contributed by atoms with Crippen LogP contribution in [-0.4, -0.2) is 48.3 Å². The molecule has 1 unspecified atom stereocenters. The van der Waals surface area contributed by atoms with Crippen LogP contribution in [0.2, 0.25) is 0 Å². The number of hydrogen-bond donors (Lipinski definition) is 2. The SMILES string of the molecule is CCN1CCC(CNCC2(O)CCCCC2)C1. The second-order valence-electron chi connectivity index (χ2n) is 5.96. The second kappa shape index (κ2) is 6.17. The number of nitrogens with zero attached hydrogens (tertiary/aromatic N) is 1. The molecule has 1 heterocycles. The zero-order chi connectivity index (χ0) is 12.1. The lowest BCUT2D eigenvalue weighted by Crippen LogP contribution is -2.43. The maximum Gasteiger partial charge on any atom is 0.0771 e. The van der Waals surface area contributed by atoms with Crippen LogP contribution in [0, 0.1) is 5.92 Å². The monoisotopic (exact) mass is 240 g/mol. The van der Waals surface area contributed by atoms with Crippen molar-refractivity contribution in [2.24, 2.45) is 5.92 Å². The van der Waals surface area contributed by atoms with Gasteiger partial charge >= 0.3 is 0 Å². The predicted molar refractivity (Wildman–Crippen MR) is 71.1 cm³/mol. The highest BCUT2D eigenvalue weighted by molar-refractivity contribution is 4.85. The first kappa shape index (κ1) is 13.3. The molecule has 2 fully saturated rings. The van der Waals surface area contributed by atoms with Crippen LogP contribution >= 0.6 is 0 Å². The summed E-state index contributed by atoms with van der Waals surface area (Å²) >= 11 is 0. The van der Waals surface area contributed by atoms with Crippen LogP contribution in [-0.2, 0) is 0 Å². The van der Waals surface area contributed by atoms with Gasteiger partial charge in [0.25, 0.3) is 0 Å². The summed E-state index contributed by atoms with van der Waals surface area (Å²) in [5.74, 6) is 0.794. The van der Waals surface area contributed by atoms with Crippen molar-refractivity contribution in [3.63, 3.8) is 0 Å². The molecule has 1 atom stereocenters.